The Bertz CT molecular complexity index is 513. The number of hydrogen-bond acceptors (Lipinski definition) is 1. The molecule has 94 valence electrons. The van der Waals surface area contributed by atoms with Crippen molar-refractivity contribution in [2.45, 2.75) is 12.5 Å². The number of nitrogens with one attached hydrogen (secondary N) is 1. The minimum Gasteiger partial charge on any atom is -0.313 e. The Morgan fingerprint density at radius 2 is 1.83 bits per heavy atom. The minimum absolute atomic E-state index is 0.0232. The molecule has 0 radical (unpaired) electrons. The molecule has 0 aliphatic carbocycles. The maximum atomic E-state index is 14.1. The van der Waals surface area contributed by atoms with Gasteiger partial charge in [-0.2, -0.15) is 0 Å². The fraction of sp³-hybridized carbons (Fsp3) is 0.200. The normalized spacial score (nSPS) is 12.4. The van der Waals surface area contributed by atoms with Crippen molar-refractivity contribution >= 4 is 15.9 Å². The van der Waals surface area contributed by atoms with Crippen molar-refractivity contribution in [2.75, 3.05) is 7.05 Å². The lowest BCUT2D eigenvalue weighted by Gasteiger charge is -2.18. The van der Waals surface area contributed by atoms with E-state index in [-0.39, 0.29) is 11.9 Å². The summed E-state index contributed by atoms with van der Waals surface area (Å²) in [7, 11) is 1.86. The number of likely N-dealkylation sites (N-methyl/N-ethyl adjacent to an activating group) is 1. The Kier molecular flexibility index (Phi) is 4.50. The van der Waals surface area contributed by atoms with Crippen molar-refractivity contribution < 1.29 is 4.39 Å². The molecule has 1 unspecified atom stereocenters. The molecule has 2 aromatic rings. The van der Waals surface area contributed by atoms with Crippen LogP contribution in [-0.4, -0.2) is 7.05 Å². The predicted molar refractivity (Wildman–Crippen MR) is 76.0 cm³/mol. The van der Waals surface area contributed by atoms with Crippen LogP contribution in [0.2, 0.25) is 0 Å². The molecule has 0 saturated carbocycles. The van der Waals surface area contributed by atoms with Gasteiger partial charge in [-0.05, 0) is 41.0 Å². The van der Waals surface area contributed by atoms with Crippen molar-refractivity contribution in [2.24, 2.45) is 0 Å². The zero-order valence-corrected chi connectivity index (χ0v) is 11.7. The van der Waals surface area contributed by atoms with Crippen molar-refractivity contribution in [3.05, 3.63) is 69.9 Å². The number of benzene rings is 2. The van der Waals surface area contributed by atoms with Crippen molar-refractivity contribution in [1.82, 2.24) is 5.32 Å². The van der Waals surface area contributed by atoms with Crippen LogP contribution in [0.3, 0.4) is 0 Å². The first-order chi connectivity index (χ1) is 8.72. The van der Waals surface area contributed by atoms with E-state index in [4.69, 9.17) is 0 Å². The first-order valence-corrected chi connectivity index (χ1v) is 6.66. The van der Waals surface area contributed by atoms with E-state index in [1.807, 2.05) is 37.4 Å². The van der Waals surface area contributed by atoms with Crippen LogP contribution in [0.1, 0.15) is 17.2 Å². The molecule has 0 aromatic heterocycles. The summed E-state index contributed by atoms with van der Waals surface area (Å²) >= 11 is 3.23. The van der Waals surface area contributed by atoms with Crippen LogP contribution >= 0.6 is 15.9 Å². The summed E-state index contributed by atoms with van der Waals surface area (Å²) in [6, 6.07) is 15.5. The highest BCUT2D eigenvalue weighted by molar-refractivity contribution is 9.10. The lowest BCUT2D eigenvalue weighted by molar-refractivity contribution is 0.531. The van der Waals surface area contributed by atoms with E-state index < -0.39 is 0 Å². The summed E-state index contributed by atoms with van der Waals surface area (Å²) in [5.74, 6) is -0.187. The van der Waals surface area contributed by atoms with Gasteiger partial charge in [0.2, 0.25) is 0 Å². The van der Waals surface area contributed by atoms with Gasteiger partial charge in [0.1, 0.15) is 5.82 Å². The highest BCUT2D eigenvalue weighted by Gasteiger charge is 2.15. The molecule has 2 rings (SSSR count). The van der Waals surface area contributed by atoms with E-state index in [9.17, 15) is 4.39 Å². The van der Waals surface area contributed by atoms with Gasteiger partial charge in [0.05, 0.1) is 4.47 Å². The maximum absolute atomic E-state index is 14.1. The Morgan fingerprint density at radius 3 is 2.50 bits per heavy atom. The molecule has 0 heterocycles. The van der Waals surface area contributed by atoms with Crippen LogP contribution in [0.15, 0.2) is 53.0 Å². The smallest absolute Gasteiger partial charge is 0.142 e. The molecule has 0 fully saturated rings. The van der Waals surface area contributed by atoms with E-state index in [0.717, 1.165) is 6.42 Å². The molecular formula is C15H15BrFN. The quantitative estimate of drug-likeness (QED) is 0.897. The summed E-state index contributed by atoms with van der Waals surface area (Å²) in [4.78, 5) is 0. The maximum Gasteiger partial charge on any atom is 0.142 e. The largest absolute Gasteiger partial charge is 0.313 e. The molecule has 0 saturated heterocycles. The molecule has 0 spiro atoms. The van der Waals surface area contributed by atoms with Crippen LogP contribution < -0.4 is 5.32 Å². The van der Waals surface area contributed by atoms with Gasteiger partial charge in [0.15, 0.2) is 0 Å². The minimum atomic E-state index is -0.187. The average Bonchev–Trinajstić information content (AvgIpc) is 2.41. The molecule has 1 atom stereocenters. The van der Waals surface area contributed by atoms with E-state index in [2.05, 4.69) is 33.4 Å². The molecule has 1 N–H and O–H groups in total. The van der Waals surface area contributed by atoms with Gasteiger partial charge in [-0.25, -0.2) is 4.39 Å². The van der Waals surface area contributed by atoms with Gasteiger partial charge >= 0.3 is 0 Å². The second-order valence-corrected chi connectivity index (χ2v) is 5.03. The third-order valence-corrected chi connectivity index (χ3v) is 3.60. The highest BCUT2D eigenvalue weighted by atomic mass is 79.9. The summed E-state index contributed by atoms with van der Waals surface area (Å²) in [6.07, 6.45) is 0.769. The summed E-state index contributed by atoms with van der Waals surface area (Å²) < 4.78 is 14.6. The topological polar surface area (TPSA) is 12.0 Å². The summed E-state index contributed by atoms with van der Waals surface area (Å²) in [5.41, 5.74) is 1.88. The van der Waals surface area contributed by atoms with Crippen LogP contribution in [0, 0.1) is 5.82 Å². The molecule has 0 aliphatic rings. The fourth-order valence-corrected chi connectivity index (χ4v) is 2.39. The van der Waals surface area contributed by atoms with Crippen LogP contribution in [0.4, 0.5) is 4.39 Å². The Balaban J connectivity index is 2.26. The Morgan fingerprint density at radius 1 is 1.11 bits per heavy atom. The lowest BCUT2D eigenvalue weighted by Crippen LogP contribution is -2.20. The number of rotatable bonds is 4. The summed E-state index contributed by atoms with van der Waals surface area (Å²) in [6.45, 7) is 0. The molecule has 2 aromatic carbocycles. The molecule has 3 heteroatoms. The first-order valence-electron chi connectivity index (χ1n) is 5.87. The average molecular weight is 308 g/mol. The van der Waals surface area contributed by atoms with Crippen molar-refractivity contribution in [3.63, 3.8) is 0 Å². The lowest BCUT2D eigenvalue weighted by atomic mass is 9.98. The van der Waals surface area contributed by atoms with Gasteiger partial charge < -0.3 is 5.32 Å². The van der Waals surface area contributed by atoms with Crippen LogP contribution in [0.5, 0.6) is 0 Å². The number of halogens is 2. The predicted octanol–water partition coefficient (Wildman–Crippen LogP) is 4.09. The third-order valence-electron chi connectivity index (χ3n) is 2.99. The van der Waals surface area contributed by atoms with Gasteiger partial charge in [0.25, 0.3) is 0 Å². The van der Waals surface area contributed by atoms with E-state index in [0.29, 0.717) is 10.0 Å². The van der Waals surface area contributed by atoms with Crippen LogP contribution in [0.25, 0.3) is 0 Å². The van der Waals surface area contributed by atoms with E-state index >= 15 is 0 Å². The van der Waals surface area contributed by atoms with E-state index in [1.54, 1.807) is 6.07 Å². The zero-order valence-electron chi connectivity index (χ0n) is 10.2. The molecule has 18 heavy (non-hydrogen) atoms. The Hall–Kier alpha value is -1.19. The Labute approximate surface area is 115 Å². The highest BCUT2D eigenvalue weighted by Crippen LogP contribution is 2.25. The van der Waals surface area contributed by atoms with Gasteiger partial charge in [-0.3, -0.25) is 0 Å². The van der Waals surface area contributed by atoms with Gasteiger partial charge in [0, 0.05) is 11.6 Å². The zero-order chi connectivity index (χ0) is 13.0. The molecular weight excluding hydrogens is 293 g/mol. The first kappa shape index (κ1) is 13.2. The van der Waals surface area contributed by atoms with E-state index in [1.165, 1.54) is 5.56 Å². The van der Waals surface area contributed by atoms with Crippen molar-refractivity contribution in [1.29, 1.82) is 0 Å². The third kappa shape index (κ3) is 2.98. The molecule has 0 amide bonds. The standard InChI is InChI=1S/C15H15BrFN/c1-18-14(10-11-6-3-2-4-7-11)12-8-5-9-13(16)15(12)17/h2-9,14,18H,10H2,1H3. The summed E-state index contributed by atoms with van der Waals surface area (Å²) in [5, 5.41) is 3.17. The number of hydrogen-bond donors (Lipinski definition) is 1. The van der Waals surface area contributed by atoms with Gasteiger partial charge in [-0.1, -0.05) is 42.5 Å². The second kappa shape index (κ2) is 6.12. The van der Waals surface area contributed by atoms with Crippen molar-refractivity contribution in [3.8, 4) is 0 Å². The SMILES string of the molecule is CNC(Cc1ccccc1)c1cccc(Br)c1F. The van der Waals surface area contributed by atoms with Crippen LogP contribution in [-0.2, 0) is 6.42 Å². The second-order valence-electron chi connectivity index (χ2n) is 4.17. The molecule has 0 bridgehead atoms. The fourth-order valence-electron chi connectivity index (χ4n) is 2.01. The molecule has 0 aliphatic heterocycles. The molecule has 1 nitrogen and oxygen atoms in total. The monoisotopic (exact) mass is 307 g/mol. The van der Waals surface area contributed by atoms with Gasteiger partial charge in [-0.15, -0.1) is 0 Å².